The van der Waals surface area contributed by atoms with E-state index >= 15 is 0 Å². The fourth-order valence-electron chi connectivity index (χ4n) is 2.47. The van der Waals surface area contributed by atoms with Crippen molar-refractivity contribution >= 4 is 16.7 Å². The summed E-state index contributed by atoms with van der Waals surface area (Å²) in [6, 6.07) is 15.0. The quantitative estimate of drug-likeness (QED) is 0.484. The fourth-order valence-corrected chi connectivity index (χ4v) is 2.47. The van der Waals surface area contributed by atoms with E-state index in [1.807, 2.05) is 7.05 Å². The molecule has 0 aliphatic carbocycles. The molecule has 3 rings (SSSR count). The van der Waals surface area contributed by atoms with Gasteiger partial charge in [0.2, 0.25) is 0 Å². The first-order valence-electron chi connectivity index (χ1n) is 6.45. The summed E-state index contributed by atoms with van der Waals surface area (Å²) in [6.45, 7) is 2.12. The molecule has 104 valence electrons. The molecule has 20 heavy (non-hydrogen) atoms. The smallest absolute Gasteiger partial charge is 0.276 e. The minimum absolute atomic E-state index is 0. The van der Waals surface area contributed by atoms with E-state index < -0.39 is 0 Å². The topological polar surface area (TPSA) is 20.8 Å². The van der Waals surface area contributed by atoms with Crippen LogP contribution < -0.4 is 33.9 Å². The fraction of sp³-hybridized carbons (Fsp3) is 0.188. The van der Waals surface area contributed by atoms with E-state index in [0.29, 0.717) is 0 Å². The van der Waals surface area contributed by atoms with Gasteiger partial charge in [-0.25, -0.2) is 4.57 Å². The first-order valence-corrected chi connectivity index (χ1v) is 6.45. The molecule has 0 bridgehead atoms. The maximum Gasteiger partial charge on any atom is 0.276 e. The summed E-state index contributed by atoms with van der Waals surface area (Å²) in [5, 5.41) is 4.50. The van der Waals surface area contributed by atoms with Gasteiger partial charge in [0.25, 0.3) is 5.82 Å². The molecule has 0 aliphatic rings. The lowest BCUT2D eigenvalue weighted by Gasteiger charge is -2.09. The number of anilines is 1. The molecule has 0 saturated carbocycles. The first kappa shape index (κ1) is 14.8. The molecular formula is C16H18IN3. The van der Waals surface area contributed by atoms with Gasteiger partial charge in [-0.15, -0.1) is 0 Å². The molecule has 0 spiro atoms. The molecule has 0 radical (unpaired) electrons. The van der Waals surface area contributed by atoms with Crippen LogP contribution in [0.1, 0.15) is 5.69 Å². The number of hydrogen-bond donors (Lipinski definition) is 1. The van der Waals surface area contributed by atoms with Gasteiger partial charge >= 0.3 is 0 Å². The van der Waals surface area contributed by atoms with Gasteiger partial charge in [0.1, 0.15) is 5.69 Å². The zero-order chi connectivity index (χ0) is 13.4. The number of pyridine rings is 1. The second-order valence-corrected chi connectivity index (χ2v) is 4.79. The van der Waals surface area contributed by atoms with Crippen molar-refractivity contribution in [1.29, 1.82) is 0 Å². The standard InChI is InChI=1S/C16H17N3.HI/c1-12-10-14(11-16(17-2)18(12)3)19-9-8-13-6-4-5-7-15(13)19;/h4-11H,1-3H3;1H. The Kier molecular flexibility index (Phi) is 4.32. The van der Waals surface area contributed by atoms with Gasteiger partial charge < -0.3 is 28.5 Å². The highest BCUT2D eigenvalue weighted by Gasteiger charge is 2.11. The lowest BCUT2D eigenvalue weighted by atomic mass is 10.2. The highest BCUT2D eigenvalue weighted by molar-refractivity contribution is 5.81. The third-order valence-electron chi connectivity index (χ3n) is 3.67. The molecular weight excluding hydrogens is 361 g/mol. The van der Waals surface area contributed by atoms with E-state index in [2.05, 4.69) is 77.1 Å². The van der Waals surface area contributed by atoms with Crippen LogP contribution in [-0.4, -0.2) is 11.6 Å². The molecule has 2 aromatic heterocycles. The number of para-hydroxylation sites is 1. The third kappa shape index (κ3) is 2.40. The number of halogens is 1. The molecule has 2 heterocycles. The largest absolute Gasteiger partial charge is 1.00 e. The number of fused-ring (bicyclic) bond motifs is 1. The average molecular weight is 379 g/mol. The Morgan fingerprint density at radius 3 is 2.60 bits per heavy atom. The van der Waals surface area contributed by atoms with Crippen molar-refractivity contribution in [2.75, 3.05) is 12.4 Å². The van der Waals surface area contributed by atoms with Gasteiger partial charge in [0, 0.05) is 12.3 Å². The summed E-state index contributed by atoms with van der Waals surface area (Å²) in [5.41, 5.74) is 3.64. The van der Waals surface area contributed by atoms with Gasteiger partial charge in [-0.05, 0) is 24.4 Å². The van der Waals surface area contributed by atoms with Gasteiger partial charge in [0.05, 0.1) is 31.4 Å². The van der Waals surface area contributed by atoms with Crippen LogP contribution >= 0.6 is 0 Å². The SMILES string of the molecule is CNc1cc(-n2ccc3ccccc32)cc(C)[n+]1C.[I-]. The molecule has 0 aliphatic heterocycles. The zero-order valence-corrected chi connectivity index (χ0v) is 14.0. The minimum atomic E-state index is 0. The van der Waals surface area contributed by atoms with Crippen molar-refractivity contribution in [3.63, 3.8) is 0 Å². The van der Waals surface area contributed by atoms with Crippen LogP contribution in [0, 0.1) is 6.92 Å². The summed E-state index contributed by atoms with van der Waals surface area (Å²) >= 11 is 0. The lowest BCUT2D eigenvalue weighted by molar-refractivity contribution is -0.663. The van der Waals surface area contributed by atoms with E-state index in [0.717, 1.165) is 5.82 Å². The third-order valence-corrected chi connectivity index (χ3v) is 3.67. The van der Waals surface area contributed by atoms with Crippen LogP contribution in [0.3, 0.4) is 0 Å². The van der Waals surface area contributed by atoms with Gasteiger partial charge in [-0.2, -0.15) is 0 Å². The minimum Gasteiger partial charge on any atom is -1.00 e. The number of benzene rings is 1. The highest BCUT2D eigenvalue weighted by Crippen LogP contribution is 2.21. The molecule has 0 atom stereocenters. The Morgan fingerprint density at radius 1 is 1.10 bits per heavy atom. The highest BCUT2D eigenvalue weighted by atomic mass is 127. The average Bonchev–Trinajstić information content (AvgIpc) is 2.85. The Hall–Kier alpha value is -1.56. The Bertz CT molecular complexity index is 747. The van der Waals surface area contributed by atoms with Crippen LogP contribution in [0.15, 0.2) is 48.7 Å². The van der Waals surface area contributed by atoms with Gasteiger partial charge in [-0.3, -0.25) is 5.32 Å². The van der Waals surface area contributed by atoms with Crippen LogP contribution in [0.5, 0.6) is 0 Å². The van der Waals surface area contributed by atoms with E-state index in [1.54, 1.807) is 0 Å². The maximum absolute atomic E-state index is 3.24. The summed E-state index contributed by atoms with van der Waals surface area (Å²) < 4.78 is 4.37. The monoisotopic (exact) mass is 379 g/mol. The summed E-state index contributed by atoms with van der Waals surface area (Å²) in [5.74, 6) is 1.10. The van der Waals surface area contributed by atoms with Crippen molar-refractivity contribution in [2.45, 2.75) is 6.92 Å². The predicted octanol–water partition coefficient (Wildman–Crippen LogP) is -0.191. The zero-order valence-electron chi connectivity index (χ0n) is 11.9. The molecule has 1 N–H and O–H groups in total. The number of aromatic nitrogens is 2. The predicted molar refractivity (Wildman–Crippen MR) is 78.7 cm³/mol. The van der Waals surface area contributed by atoms with E-state index in [1.165, 1.54) is 22.3 Å². The van der Waals surface area contributed by atoms with Crippen LogP contribution in [0.4, 0.5) is 5.82 Å². The molecule has 0 fully saturated rings. The van der Waals surface area contributed by atoms with Crippen molar-refractivity contribution < 1.29 is 28.5 Å². The number of nitrogens with one attached hydrogen (secondary N) is 1. The van der Waals surface area contributed by atoms with E-state index in [4.69, 9.17) is 0 Å². The van der Waals surface area contributed by atoms with Crippen LogP contribution in [-0.2, 0) is 7.05 Å². The Morgan fingerprint density at radius 2 is 1.85 bits per heavy atom. The molecule has 1 aromatic carbocycles. The second-order valence-electron chi connectivity index (χ2n) is 4.79. The summed E-state index contributed by atoms with van der Waals surface area (Å²) in [6.07, 6.45) is 2.12. The Balaban J connectivity index is 0.00000147. The number of nitrogens with zero attached hydrogens (tertiary/aromatic N) is 2. The molecule has 0 unspecified atom stereocenters. The second kappa shape index (κ2) is 5.83. The molecule has 4 heteroatoms. The lowest BCUT2D eigenvalue weighted by Crippen LogP contribution is -3.00. The van der Waals surface area contributed by atoms with Crippen molar-refractivity contribution in [1.82, 2.24) is 4.57 Å². The van der Waals surface area contributed by atoms with Crippen molar-refractivity contribution in [3.8, 4) is 5.69 Å². The van der Waals surface area contributed by atoms with Crippen LogP contribution in [0.25, 0.3) is 16.6 Å². The van der Waals surface area contributed by atoms with E-state index in [-0.39, 0.29) is 24.0 Å². The molecule has 0 saturated heterocycles. The molecule has 3 aromatic rings. The summed E-state index contributed by atoms with van der Waals surface area (Å²) in [4.78, 5) is 0. The molecule has 3 nitrogen and oxygen atoms in total. The summed E-state index contributed by atoms with van der Waals surface area (Å²) in [7, 11) is 4.02. The van der Waals surface area contributed by atoms with E-state index in [9.17, 15) is 0 Å². The number of hydrogen-bond acceptors (Lipinski definition) is 1. The maximum atomic E-state index is 3.24. The van der Waals surface area contributed by atoms with Crippen LogP contribution in [0.2, 0.25) is 0 Å². The molecule has 0 amide bonds. The number of aryl methyl sites for hydroxylation is 1. The number of rotatable bonds is 2. The normalized spacial score (nSPS) is 10.3. The van der Waals surface area contributed by atoms with Gasteiger partial charge in [-0.1, -0.05) is 18.2 Å². The Labute approximate surface area is 136 Å². The van der Waals surface area contributed by atoms with Gasteiger partial charge in [0.15, 0.2) is 0 Å². The van der Waals surface area contributed by atoms with Crippen molar-refractivity contribution in [2.24, 2.45) is 7.05 Å². The first-order chi connectivity index (χ1) is 9.20. The van der Waals surface area contributed by atoms with Crippen molar-refractivity contribution in [3.05, 3.63) is 54.4 Å².